The number of nitrogens with zero attached hydrogens (tertiary/aromatic N) is 2. The maximum atomic E-state index is 11.6. The number of hydrogen-bond donors (Lipinski definition) is 0. The van der Waals surface area contributed by atoms with Crippen LogP contribution in [0.15, 0.2) is 41.1 Å². The lowest BCUT2D eigenvalue weighted by molar-refractivity contribution is 0.0600. The van der Waals surface area contributed by atoms with Gasteiger partial charge in [-0.15, -0.1) is 0 Å². The van der Waals surface area contributed by atoms with Crippen molar-refractivity contribution in [2.24, 2.45) is 0 Å². The Labute approximate surface area is 117 Å². The highest BCUT2D eigenvalue weighted by Crippen LogP contribution is 2.32. The van der Waals surface area contributed by atoms with Crippen molar-refractivity contribution in [3.8, 4) is 0 Å². The molecule has 20 heavy (non-hydrogen) atoms. The number of carbonyl (C=O) groups excluding carboxylic acids is 1. The van der Waals surface area contributed by atoms with Crippen molar-refractivity contribution in [3.05, 3.63) is 48.0 Å². The predicted octanol–water partition coefficient (Wildman–Crippen LogP) is 2.63. The molecule has 0 unspecified atom stereocenters. The Hall–Kier alpha value is -2.30. The Kier molecular flexibility index (Phi) is 3.41. The minimum absolute atomic E-state index is 0.345. The fourth-order valence-electron chi connectivity index (χ4n) is 2.17. The van der Waals surface area contributed by atoms with E-state index in [2.05, 4.69) is 9.88 Å². The highest BCUT2D eigenvalue weighted by molar-refractivity contribution is 5.90. The van der Waals surface area contributed by atoms with Crippen molar-refractivity contribution in [2.75, 3.05) is 12.0 Å². The number of rotatable bonds is 5. The van der Waals surface area contributed by atoms with Gasteiger partial charge in [0.15, 0.2) is 0 Å². The van der Waals surface area contributed by atoms with E-state index in [1.54, 1.807) is 24.6 Å². The van der Waals surface area contributed by atoms with Gasteiger partial charge in [0.25, 0.3) is 0 Å². The molecule has 0 aliphatic heterocycles. The molecule has 0 amide bonds. The van der Waals surface area contributed by atoms with Gasteiger partial charge in [0.2, 0.25) is 0 Å². The summed E-state index contributed by atoms with van der Waals surface area (Å²) in [5, 5.41) is 0. The number of anilines is 1. The first-order valence-corrected chi connectivity index (χ1v) is 6.61. The lowest BCUT2D eigenvalue weighted by atomic mass is 10.2. The Morgan fingerprint density at radius 1 is 1.50 bits per heavy atom. The molecular formula is C15H16N2O3. The van der Waals surface area contributed by atoms with Crippen molar-refractivity contribution < 1.29 is 13.9 Å². The molecule has 0 radical (unpaired) electrons. The van der Waals surface area contributed by atoms with Crippen LogP contribution in [0.25, 0.3) is 0 Å². The van der Waals surface area contributed by atoms with Crippen LogP contribution in [0.4, 0.5) is 5.82 Å². The molecule has 2 heterocycles. The van der Waals surface area contributed by atoms with Crippen molar-refractivity contribution in [1.82, 2.24) is 4.98 Å². The maximum Gasteiger partial charge on any atom is 0.338 e. The molecule has 1 aliphatic rings. The Bertz CT molecular complexity index is 591. The highest BCUT2D eigenvalue weighted by Gasteiger charge is 2.31. The average molecular weight is 272 g/mol. The smallest absolute Gasteiger partial charge is 0.338 e. The zero-order valence-electron chi connectivity index (χ0n) is 11.3. The van der Waals surface area contributed by atoms with Gasteiger partial charge in [0.1, 0.15) is 11.6 Å². The minimum atomic E-state index is -0.345. The molecule has 0 aromatic carbocycles. The van der Waals surface area contributed by atoms with E-state index in [1.807, 2.05) is 12.1 Å². The monoisotopic (exact) mass is 272 g/mol. The molecule has 0 atom stereocenters. The molecule has 0 saturated heterocycles. The van der Waals surface area contributed by atoms with Crippen LogP contribution in [0.2, 0.25) is 0 Å². The first-order valence-electron chi connectivity index (χ1n) is 6.61. The molecule has 5 heteroatoms. The van der Waals surface area contributed by atoms with E-state index in [9.17, 15) is 4.79 Å². The minimum Gasteiger partial charge on any atom is -0.467 e. The standard InChI is InChI=1S/C15H16N2O3/c1-19-15(18)11-6-7-16-14(9-11)17(12-4-5-12)10-13-3-2-8-20-13/h2-3,6-9,12H,4-5,10H2,1H3. The van der Waals surface area contributed by atoms with Crippen LogP contribution < -0.4 is 4.90 Å². The van der Waals surface area contributed by atoms with Crippen LogP contribution in [0, 0.1) is 0 Å². The highest BCUT2D eigenvalue weighted by atomic mass is 16.5. The summed E-state index contributed by atoms with van der Waals surface area (Å²) in [5.41, 5.74) is 0.516. The summed E-state index contributed by atoms with van der Waals surface area (Å²) in [5.74, 6) is 1.33. The summed E-state index contributed by atoms with van der Waals surface area (Å²) in [6.07, 6.45) is 5.59. The Morgan fingerprint density at radius 2 is 2.35 bits per heavy atom. The van der Waals surface area contributed by atoms with Gasteiger partial charge in [0, 0.05) is 12.2 Å². The van der Waals surface area contributed by atoms with Gasteiger partial charge in [-0.1, -0.05) is 0 Å². The average Bonchev–Trinajstić information content (AvgIpc) is 3.20. The largest absolute Gasteiger partial charge is 0.467 e. The van der Waals surface area contributed by atoms with E-state index in [4.69, 9.17) is 9.15 Å². The Morgan fingerprint density at radius 3 is 3.00 bits per heavy atom. The van der Waals surface area contributed by atoms with Crippen molar-refractivity contribution in [1.29, 1.82) is 0 Å². The molecule has 0 bridgehead atoms. The van der Waals surface area contributed by atoms with Crippen LogP contribution in [0.3, 0.4) is 0 Å². The Balaban J connectivity index is 1.85. The third-order valence-corrected chi connectivity index (χ3v) is 3.35. The number of carbonyl (C=O) groups is 1. The molecule has 0 spiro atoms. The van der Waals surface area contributed by atoms with Gasteiger partial charge in [0.05, 0.1) is 25.5 Å². The van der Waals surface area contributed by atoms with Gasteiger partial charge >= 0.3 is 5.97 Å². The van der Waals surface area contributed by atoms with Crippen LogP contribution in [0.1, 0.15) is 29.0 Å². The number of furan rings is 1. The first kappa shape index (κ1) is 12.7. The van der Waals surface area contributed by atoms with Crippen molar-refractivity contribution >= 4 is 11.8 Å². The van der Waals surface area contributed by atoms with Gasteiger partial charge in [-0.2, -0.15) is 0 Å². The van der Waals surface area contributed by atoms with E-state index >= 15 is 0 Å². The summed E-state index contributed by atoms with van der Waals surface area (Å²) >= 11 is 0. The summed E-state index contributed by atoms with van der Waals surface area (Å²) in [6, 6.07) is 7.72. The molecule has 0 N–H and O–H groups in total. The number of pyridine rings is 1. The number of aromatic nitrogens is 1. The third kappa shape index (κ3) is 2.66. The maximum absolute atomic E-state index is 11.6. The SMILES string of the molecule is COC(=O)c1ccnc(N(Cc2ccco2)C2CC2)c1. The lowest BCUT2D eigenvalue weighted by Gasteiger charge is -2.22. The molecule has 5 nitrogen and oxygen atoms in total. The topological polar surface area (TPSA) is 55.6 Å². The summed E-state index contributed by atoms with van der Waals surface area (Å²) in [6.45, 7) is 0.662. The van der Waals surface area contributed by atoms with Crippen LogP contribution in [-0.4, -0.2) is 24.1 Å². The predicted molar refractivity (Wildman–Crippen MR) is 73.5 cm³/mol. The molecule has 1 saturated carbocycles. The fourth-order valence-corrected chi connectivity index (χ4v) is 2.17. The summed E-state index contributed by atoms with van der Waals surface area (Å²) < 4.78 is 10.2. The zero-order chi connectivity index (χ0) is 13.9. The third-order valence-electron chi connectivity index (χ3n) is 3.35. The van der Waals surface area contributed by atoms with E-state index < -0.39 is 0 Å². The second-order valence-electron chi connectivity index (χ2n) is 4.83. The van der Waals surface area contributed by atoms with Crippen molar-refractivity contribution in [3.63, 3.8) is 0 Å². The number of hydrogen-bond acceptors (Lipinski definition) is 5. The van der Waals surface area contributed by atoms with Crippen LogP contribution >= 0.6 is 0 Å². The summed E-state index contributed by atoms with van der Waals surface area (Å²) in [4.78, 5) is 18.2. The second-order valence-corrected chi connectivity index (χ2v) is 4.83. The second kappa shape index (κ2) is 5.36. The fraction of sp³-hybridized carbons (Fsp3) is 0.333. The molecule has 104 valence electrons. The number of ether oxygens (including phenoxy) is 1. The quantitative estimate of drug-likeness (QED) is 0.783. The van der Waals surface area contributed by atoms with E-state index in [0.717, 1.165) is 24.4 Å². The van der Waals surface area contributed by atoms with E-state index in [0.29, 0.717) is 18.2 Å². The molecule has 2 aromatic rings. The van der Waals surface area contributed by atoms with Crippen LogP contribution in [-0.2, 0) is 11.3 Å². The molecule has 3 rings (SSSR count). The van der Waals surface area contributed by atoms with E-state index in [-0.39, 0.29) is 5.97 Å². The lowest BCUT2D eigenvalue weighted by Crippen LogP contribution is -2.26. The zero-order valence-corrected chi connectivity index (χ0v) is 11.3. The van der Waals surface area contributed by atoms with E-state index in [1.165, 1.54) is 7.11 Å². The van der Waals surface area contributed by atoms with Crippen molar-refractivity contribution in [2.45, 2.75) is 25.4 Å². The van der Waals surface area contributed by atoms with Gasteiger partial charge in [-0.25, -0.2) is 9.78 Å². The molecular weight excluding hydrogens is 256 g/mol. The normalized spacial score (nSPS) is 14.1. The number of esters is 1. The number of methoxy groups -OCH3 is 1. The molecule has 1 aliphatic carbocycles. The van der Waals surface area contributed by atoms with Gasteiger partial charge < -0.3 is 14.1 Å². The summed E-state index contributed by atoms with van der Waals surface area (Å²) in [7, 11) is 1.38. The van der Waals surface area contributed by atoms with Crippen LogP contribution in [0.5, 0.6) is 0 Å². The first-order chi connectivity index (χ1) is 9.78. The van der Waals surface area contributed by atoms with Gasteiger partial charge in [-0.05, 0) is 37.1 Å². The van der Waals surface area contributed by atoms with Gasteiger partial charge in [-0.3, -0.25) is 0 Å². The molecule has 1 fully saturated rings. The molecule has 2 aromatic heterocycles.